The van der Waals surface area contributed by atoms with Gasteiger partial charge in [-0.3, -0.25) is 4.68 Å². The molecular formula is C14H23N5O. The minimum Gasteiger partial charge on any atom is -0.388 e. The number of aromatic nitrogens is 5. The number of aryl methyl sites for hydroxylation is 1. The number of aliphatic hydroxyl groups is 1. The van der Waals surface area contributed by atoms with E-state index in [2.05, 4.69) is 29.0 Å². The summed E-state index contributed by atoms with van der Waals surface area (Å²) in [5, 5.41) is 18.9. The van der Waals surface area contributed by atoms with Crippen LogP contribution in [-0.2, 0) is 6.54 Å². The molecule has 2 rings (SSSR count). The second-order valence-electron chi connectivity index (χ2n) is 5.38. The Labute approximate surface area is 119 Å². The Morgan fingerprint density at radius 1 is 1.30 bits per heavy atom. The molecular weight excluding hydrogens is 254 g/mol. The fourth-order valence-corrected chi connectivity index (χ4v) is 2.50. The molecule has 1 atom stereocenters. The molecule has 110 valence electrons. The van der Waals surface area contributed by atoms with Crippen molar-refractivity contribution in [3.63, 3.8) is 0 Å². The highest BCUT2D eigenvalue weighted by atomic mass is 16.3. The quantitative estimate of drug-likeness (QED) is 0.909. The van der Waals surface area contributed by atoms with E-state index in [9.17, 15) is 5.11 Å². The van der Waals surface area contributed by atoms with E-state index in [1.165, 1.54) is 0 Å². The maximum atomic E-state index is 10.1. The second-order valence-corrected chi connectivity index (χ2v) is 5.38. The van der Waals surface area contributed by atoms with Crippen molar-refractivity contribution in [2.24, 2.45) is 0 Å². The number of hydrogen-bond donors (Lipinski definition) is 1. The lowest BCUT2D eigenvalue weighted by Crippen LogP contribution is -2.14. The summed E-state index contributed by atoms with van der Waals surface area (Å²) >= 11 is 0. The lowest BCUT2D eigenvalue weighted by molar-refractivity contribution is 0.172. The highest BCUT2D eigenvalue weighted by Gasteiger charge is 2.19. The zero-order valence-corrected chi connectivity index (χ0v) is 12.8. The van der Waals surface area contributed by atoms with Gasteiger partial charge >= 0.3 is 0 Å². The van der Waals surface area contributed by atoms with Crippen molar-refractivity contribution in [2.45, 2.75) is 59.7 Å². The van der Waals surface area contributed by atoms with Gasteiger partial charge in [-0.05, 0) is 34.1 Å². The zero-order valence-electron chi connectivity index (χ0n) is 12.8. The van der Waals surface area contributed by atoms with Gasteiger partial charge in [-0.2, -0.15) is 10.2 Å². The standard InChI is InChI=1S/C14H23N5O/c1-6-12(20)14-10(4)17-18(11(14)5)7-13-15-8-16-19(13)9(2)3/h8-9,12,20H,6-7H2,1-5H3. The maximum Gasteiger partial charge on any atom is 0.148 e. The molecule has 1 N–H and O–H groups in total. The van der Waals surface area contributed by atoms with E-state index >= 15 is 0 Å². The summed E-state index contributed by atoms with van der Waals surface area (Å²) in [6.45, 7) is 10.6. The smallest absolute Gasteiger partial charge is 0.148 e. The van der Waals surface area contributed by atoms with E-state index in [0.29, 0.717) is 13.0 Å². The summed E-state index contributed by atoms with van der Waals surface area (Å²) in [4.78, 5) is 4.31. The third-order valence-corrected chi connectivity index (χ3v) is 3.58. The van der Waals surface area contributed by atoms with Gasteiger partial charge in [0, 0.05) is 17.3 Å². The Morgan fingerprint density at radius 3 is 2.60 bits per heavy atom. The summed E-state index contributed by atoms with van der Waals surface area (Å²) in [6.07, 6.45) is 1.81. The van der Waals surface area contributed by atoms with Crippen LogP contribution in [0.4, 0.5) is 0 Å². The first kappa shape index (κ1) is 14.7. The van der Waals surface area contributed by atoms with E-state index < -0.39 is 6.10 Å². The fourth-order valence-electron chi connectivity index (χ4n) is 2.50. The lowest BCUT2D eigenvalue weighted by atomic mass is 10.1. The Morgan fingerprint density at radius 2 is 2.00 bits per heavy atom. The van der Waals surface area contributed by atoms with Crippen LogP contribution in [0.15, 0.2) is 6.33 Å². The molecule has 0 aliphatic carbocycles. The summed E-state index contributed by atoms with van der Waals surface area (Å²) in [5.74, 6) is 0.878. The zero-order chi connectivity index (χ0) is 14.9. The molecule has 2 heterocycles. The lowest BCUT2D eigenvalue weighted by Gasteiger charge is -2.11. The Balaban J connectivity index is 2.33. The van der Waals surface area contributed by atoms with Crippen LogP contribution in [0.3, 0.4) is 0 Å². The van der Waals surface area contributed by atoms with E-state index in [-0.39, 0.29) is 6.04 Å². The van der Waals surface area contributed by atoms with E-state index in [1.54, 1.807) is 6.33 Å². The van der Waals surface area contributed by atoms with Crippen LogP contribution in [0.5, 0.6) is 0 Å². The normalized spacial score (nSPS) is 13.2. The predicted octanol–water partition coefficient (Wildman–Crippen LogP) is 2.16. The van der Waals surface area contributed by atoms with Crippen molar-refractivity contribution in [2.75, 3.05) is 0 Å². The van der Waals surface area contributed by atoms with Crippen LogP contribution in [0, 0.1) is 13.8 Å². The maximum absolute atomic E-state index is 10.1. The van der Waals surface area contributed by atoms with Gasteiger partial charge in [-0.25, -0.2) is 9.67 Å². The van der Waals surface area contributed by atoms with Gasteiger partial charge in [0.25, 0.3) is 0 Å². The summed E-state index contributed by atoms with van der Waals surface area (Å²) in [6, 6.07) is 0.269. The van der Waals surface area contributed by atoms with Gasteiger partial charge in [0.05, 0.1) is 11.8 Å². The second kappa shape index (κ2) is 5.75. The topological polar surface area (TPSA) is 68.8 Å². The number of aliphatic hydroxyl groups excluding tert-OH is 1. The molecule has 20 heavy (non-hydrogen) atoms. The molecule has 0 spiro atoms. The average Bonchev–Trinajstić information content (AvgIpc) is 2.95. The first-order chi connectivity index (χ1) is 9.45. The molecule has 6 nitrogen and oxygen atoms in total. The van der Waals surface area contributed by atoms with Crippen molar-refractivity contribution >= 4 is 0 Å². The van der Waals surface area contributed by atoms with Gasteiger partial charge in [-0.15, -0.1) is 0 Å². The molecule has 0 fully saturated rings. The highest BCUT2D eigenvalue weighted by Crippen LogP contribution is 2.24. The third kappa shape index (κ3) is 2.60. The van der Waals surface area contributed by atoms with Crippen LogP contribution in [-0.4, -0.2) is 29.7 Å². The largest absolute Gasteiger partial charge is 0.388 e. The van der Waals surface area contributed by atoms with Gasteiger partial charge < -0.3 is 5.11 Å². The van der Waals surface area contributed by atoms with Crippen molar-refractivity contribution in [3.8, 4) is 0 Å². The van der Waals surface area contributed by atoms with Crippen molar-refractivity contribution in [3.05, 3.63) is 29.1 Å². The van der Waals surface area contributed by atoms with Gasteiger partial charge in [0.2, 0.25) is 0 Å². The number of rotatable bonds is 5. The molecule has 0 aromatic carbocycles. The third-order valence-electron chi connectivity index (χ3n) is 3.58. The van der Waals surface area contributed by atoms with Gasteiger partial charge in [-0.1, -0.05) is 6.92 Å². The molecule has 0 radical (unpaired) electrons. The van der Waals surface area contributed by atoms with E-state index in [4.69, 9.17) is 0 Å². The Hall–Kier alpha value is -1.69. The number of nitrogens with zero attached hydrogens (tertiary/aromatic N) is 5. The first-order valence-corrected chi connectivity index (χ1v) is 7.06. The van der Waals surface area contributed by atoms with E-state index in [0.717, 1.165) is 22.8 Å². The molecule has 0 aliphatic rings. The van der Waals surface area contributed by atoms with Crippen LogP contribution in [0.1, 0.15) is 62.1 Å². The Kier molecular flexibility index (Phi) is 4.23. The number of hydrogen-bond acceptors (Lipinski definition) is 4. The predicted molar refractivity (Wildman–Crippen MR) is 76.5 cm³/mol. The molecule has 0 saturated heterocycles. The van der Waals surface area contributed by atoms with Gasteiger partial charge in [0.15, 0.2) is 0 Å². The summed E-state index contributed by atoms with van der Waals surface area (Å²) < 4.78 is 3.79. The minimum absolute atomic E-state index is 0.269. The average molecular weight is 277 g/mol. The summed E-state index contributed by atoms with van der Waals surface area (Å²) in [5.41, 5.74) is 2.81. The van der Waals surface area contributed by atoms with Crippen molar-refractivity contribution < 1.29 is 5.11 Å². The first-order valence-electron chi connectivity index (χ1n) is 7.06. The molecule has 0 saturated carbocycles. The van der Waals surface area contributed by atoms with Gasteiger partial charge in [0.1, 0.15) is 18.7 Å². The molecule has 2 aromatic rings. The van der Waals surface area contributed by atoms with Crippen LogP contribution in [0.25, 0.3) is 0 Å². The van der Waals surface area contributed by atoms with Crippen molar-refractivity contribution in [1.82, 2.24) is 24.5 Å². The molecule has 0 aliphatic heterocycles. The van der Waals surface area contributed by atoms with Crippen molar-refractivity contribution in [1.29, 1.82) is 0 Å². The molecule has 1 unspecified atom stereocenters. The molecule has 2 aromatic heterocycles. The minimum atomic E-state index is -0.452. The molecule has 6 heteroatoms. The fraction of sp³-hybridized carbons (Fsp3) is 0.643. The summed E-state index contributed by atoms with van der Waals surface area (Å²) in [7, 11) is 0. The van der Waals surface area contributed by atoms with Crippen LogP contribution in [0.2, 0.25) is 0 Å². The Bertz CT molecular complexity index is 584. The highest BCUT2D eigenvalue weighted by molar-refractivity contribution is 5.27. The molecule has 0 bridgehead atoms. The van der Waals surface area contributed by atoms with E-state index in [1.807, 2.05) is 30.1 Å². The molecule has 0 amide bonds. The van der Waals surface area contributed by atoms with Crippen LogP contribution < -0.4 is 0 Å². The van der Waals surface area contributed by atoms with Crippen LogP contribution >= 0.6 is 0 Å². The SMILES string of the molecule is CCC(O)c1c(C)nn(Cc2ncnn2C(C)C)c1C. The monoisotopic (exact) mass is 277 g/mol.